The molecule has 172 valence electrons. The lowest BCUT2D eigenvalue weighted by Gasteiger charge is -2.28. The molecule has 3 unspecified atom stereocenters. The number of hydrogen-bond donors (Lipinski definition) is 3. The number of aromatic nitrogens is 2. The fourth-order valence-electron chi connectivity index (χ4n) is 4.48. The lowest BCUT2D eigenvalue weighted by molar-refractivity contribution is 0.210. The first-order valence-electron chi connectivity index (χ1n) is 11.6. The Morgan fingerprint density at radius 2 is 2.19 bits per heavy atom. The molecule has 1 aliphatic heterocycles. The number of rotatable bonds is 8. The van der Waals surface area contributed by atoms with Gasteiger partial charge in [-0.05, 0) is 91.2 Å². The lowest BCUT2D eigenvalue weighted by Crippen LogP contribution is -2.31. The number of aromatic amines is 1. The molecule has 1 fully saturated rings. The number of nitrogens with zero attached hydrogens (tertiary/aromatic N) is 3. The van der Waals surface area contributed by atoms with E-state index < -0.39 is 5.67 Å². The smallest absolute Gasteiger partial charge is 0.141 e. The van der Waals surface area contributed by atoms with Gasteiger partial charge in [-0.2, -0.15) is 0 Å². The van der Waals surface area contributed by atoms with Crippen molar-refractivity contribution >= 4 is 17.4 Å². The van der Waals surface area contributed by atoms with E-state index in [1.807, 2.05) is 13.8 Å². The number of allylic oxidation sites excluding steroid dienone is 2. The second kappa shape index (κ2) is 10.1. The van der Waals surface area contributed by atoms with Gasteiger partial charge in [-0.1, -0.05) is 6.92 Å². The Kier molecular flexibility index (Phi) is 7.70. The Morgan fingerprint density at radius 1 is 1.48 bits per heavy atom. The number of piperidine rings is 1. The molecular weight excluding hydrogens is 391 g/mol. The predicted octanol–water partition coefficient (Wildman–Crippen LogP) is 4.09. The van der Waals surface area contributed by atoms with Gasteiger partial charge in [0.2, 0.25) is 0 Å². The average Bonchev–Trinajstić information content (AvgIpc) is 3.14. The van der Waals surface area contributed by atoms with Crippen LogP contribution in [-0.2, 0) is 0 Å². The van der Waals surface area contributed by atoms with E-state index in [1.165, 1.54) is 45.0 Å². The highest BCUT2D eigenvalue weighted by Crippen LogP contribution is 2.38. The van der Waals surface area contributed by atoms with Crippen LogP contribution in [0.1, 0.15) is 76.5 Å². The van der Waals surface area contributed by atoms with Crippen molar-refractivity contribution in [2.75, 3.05) is 26.7 Å². The molecule has 1 aromatic rings. The predicted molar refractivity (Wildman–Crippen MR) is 128 cm³/mol. The second-order valence-electron chi connectivity index (χ2n) is 9.40. The van der Waals surface area contributed by atoms with Crippen LogP contribution < -0.4 is 11.1 Å². The van der Waals surface area contributed by atoms with E-state index in [1.54, 1.807) is 19.1 Å². The first-order valence-corrected chi connectivity index (χ1v) is 11.6. The van der Waals surface area contributed by atoms with Gasteiger partial charge in [0, 0.05) is 23.5 Å². The third-order valence-electron chi connectivity index (χ3n) is 6.87. The van der Waals surface area contributed by atoms with Gasteiger partial charge in [-0.15, -0.1) is 0 Å². The zero-order valence-corrected chi connectivity index (χ0v) is 19.7. The summed E-state index contributed by atoms with van der Waals surface area (Å²) in [6, 6.07) is 0. The van der Waals surface area contributed by atoms with Crippen LogP contribution in [0.4, 0.5) is 4.39 Å². The molecule has 2 aliphatic rings. The van der Waals surface area contributed by atoms with Crippen LogP contribution in [0.5, 0.6) is 0 Å². The van der Waals surface area contributed by atoms with E-state index in [0.29, 0.717) is 5.82 Å². The minimum atomic E-state index is -1.39. The number of fused-ring (bicyclic) bond motifs is 1. The second-order valence-corrected chi connectivity index (χ2v) is 9.40. The maximum Gasteiger partial charge on any atom is 0.141 e. The third kappa shape index (κ3) is 5.83. The van der Waals surface area contributed by atoms with Crippen molar-refractivity contribution in [2.24, 2.45) is 16.6 Å². The summed E-state index contributed by atoms with van der Waals surface area (Å²) in [6.07, 6.45) is 9.92. The topological polar surface area (TPSA) is 82.3 Å². The summed E-state index contributed by atoms with van der Waals surface area (Å²) < 4.78 is 14.6. The molecule has 4 N–H and O–H groups in total. The van der Waals surface area contributed by atoms with Gasteiger partial charge in [0.05, 0.1) is 17.4 Å². The van der Waals surface area contributed by atoms with Gasteiger partial charge in [0.1, 0.15) is 11.5 Å². The number of nitrogens with one attached hydrogen (secondary N) is 2. The van der Waals surface area contributed by atoms with E-state index in [0.717, 1.165) is 35.1 Å². The fourth-order valence-corrected chi connectivity index (χ4v) is 4.48. The van der Waals surface area contributed by atoms with Gasteiger partial charge in [0.25, 0.3) is 0 Å². The van der Waals surface area contributed by atoms with Crippen molar-refractivity contribution in [3.05, 3.63) is 29.5 Å². The monoisotopic (exact) mass is 430 g/mol. The van der Waals surface area contributed by atoms with Crippen LogP contribution >= 0.6 is 0 Å². The molecule has 0 aromatic carbocycles. The number of aliphatic imine (C=N–C) groups is 1. The molecule has 1 aliphatic carbocycles. The Bertz CT molecular complexity index is 829. The van der Waals surface area contributed by atoms with Gasteiger partial charge in [-0.3, -0.25) is 10.3 Å². The largest absolute Gasteiger partial charge is 0.404 e. The first-order chi connectivity index (χ1) is 14.7. The van der Waals surface area contributed by atoms with Crippen molar-refractivity contribution in [1.82, 2.24) is 20.2 Å². The molecule has 3 atom stereocenters. The molecule has 3 rings (SSSR count). The standard InChI is InChI=1S/C24H39FN6/c1-16-22-21(8-11-24(16,4)25)29-23(30-22)20(15-26)17(2)28-18(3)27-12-6-7-19-9-13-31(5)14-10-19/h8,11,15-16,18-19,27H,6-7,9-10,12-14,26H2,1-5H3,(H,29,30)/b20-15+,28-17?. The van der Waals surface area contributed by atoms with Crippen molar-refractivity contribution in [3.8, 4) is 0 Å². The zero-order chi connectivity index (χ0) is 22.6. The minimum Gasteiger partial charge on any atom is -0.404 e. The molecular formula is C24H39FN6. The molecule has 0 bridgehead atoms. The molecule has 0 spiro atoms. The van der Waals surface area contributed by atoms with Crippen LogP contribution in [0, 0.1) is 5.92 Å². The normalized spacial score (nSPS) is 26.8. The number of hydrogen-bond acceptors (Lipinski definition) is 5. The lowest BCUT2D eigenvalue weighted by atomic mass is 9.85. The van der Waals surface area contributed by atoms with Crippen molar-refractivity contribution in [2.45, 2.75) is 71.1 Å². The molecule has 0 radical (unpaired) electrons. The summed E-state index contributed by atoms with van der Waals surface area (Å²) in [5.41, 5.74) is 7.66. The molecule has 7 heteroatoms. The fraction of sp³-hybridized carbons (Fsp3) is 0.667. The number of alkyl halides is 1. The molecule has 0 amide bonds. The Morgan fingerprint density at radius 3 is 2.87 bits per heavy atom. The maximum absolute atomic E-state index is 14.6. The van der Waals surface area contributed by atoms with Crippen molar-refractivity contribution in [1.29, 1.82) is 0 Å². The van der Waals surface area contributed by atoms with Gasteiger partial charge >= 0.3 is 0 Å². The van der Waals surface area contributed by atoms with Gasteiger partial charge in [-0.25, -0.2) is 9.37 Å². The summed E-state index contributed by atoms with van der Waals surface area (Å²) in [4.78, 5) is 15.1. The van der Waals surface area contributed by atoms with Crippen LogP contribution in [0.15, 0.2) is 17.3 Å². The highest BCUT2D eigenvalue weighted by atomic mass is 19.1. The van der Waals surface area contributed by atoms with Gasteiger partial charge < -0.3 is 15.6 Å². The summed E-state index contributed by atoms with van der Waals surface area (Å²) >= 11 is 0. The Hall–Kier alpha value is -1.99. The summed E-state index contributed by atoms with van der Waals surface area (Å²) in [6.45, 7) is 10.9. The number of halogens is 1. The van der Waals surface area contributed by atoms with Crippen LogP contribution in [-0.4, -0.2) is 59.1 Å². The molecule has 1 aromatic heterocycles. The molecule has 6 nitrogen and oxygen atoms in total. The third-order valence-corrected chi connectivity index (χ3v) is 6.87. The van der Waals surface area contributed by atoms with E-state index in [9.17, 15) is 4.39 Å². The summed E-state index contributed by atoms with van der Waals surface area (Å²) in [5.74, 6) is 1.20. The SMILES string of the molecule is CC(=NC(C)NCCCC1CCN(C)CC1)/C(=C\N)c1nc2c([nH]1)C(C)C(C)(F)C=C2. The van der Waals surface area contributed by atoms with E-state index >= 15 is 0 Å². The Balaban J connectivity index is 1.54. The van der Waals surface area contributed by atoms with E-state index in [4.69, 9.17) is 10.7 Å². The van der Waals surface area contributed by atoms with Gasteiger partial charge in [0.15, 0.2) is 0 Å². The van der Waals surface area contributed by atoms with E-state index in [2.05, 4.69) is 34.2 Å². The van der Waals surface area contributed by atoms with Crippen LogP contribution in [0.25, 0.3) is 11.6 Å². The number of likely N-dealkylation sites (tertiary alicyclic amines) is 1. The molecule has 2 heterocycles. The summed E-state index contributed by atoms with van der Waals surface area (Å²) in [5, 5.41) is 3.50. The average molecular weight is 431 g/mol. The van der Waals surface area contributed by atoms with E-state index in [-0.39, 0.29) is 12.1 Å². The summed E-state index contributed by atoms with van der Waals surface area (Å²) in [7, 11) is 2.21. The highest BCUT2D eigenvalue weighted by molar-refractivity contribution is 6.21. The molecule has 31 heavy (non-hydrogen) atoms. The highest BCUT2D eigenvalue weighted by Gasteiger charge is 2.35. The first kappa shape index (κ1) is 23.7. The number of H-pyrrole nitrogens is 1. The van der Waals surface area contributed by atoms with Crippen molar-refractivity contribution in [3.63, 3.8) is 0 Å². The van der Waals surface area contributed by atoms with Crippen molar-refractivity contribution < 1.29 is 4.39 Å². The number of imidazole rings is 1. The minimum absolute atomic E-state index is 0.00928. The maximum atomic E-state index is 14.6. The van der Waals surface area contributed by atoms with Crippen LogP contribution in [0.2, 0.25) is 0 Å². The quantitative estimate of drug-likeness (QED) is 0.429. The Labute approximate surface area is 186 Å². The van der Waals surface area contributed by atoms with Crippen LogP contribution in [0.3, 0.4) is 0 Å². The molecule has 0 saturated carbocycles. The zero-order valence-electron chi connectivity index (χ0n) is 19.7. The number of nitrogens with two attached hydrogens (primary N) is 1. The molecule has 1 saturated heterocycles.